The number of nitrogens with two attached hydrogens (primary N) is 1. The van der Waals surface area contributed by atoms with Crippen LogP contribution in [0.25, 0.3) is 10.1 Å². The van der Waals surface area contributed by atoms with Crippen LogP contribution < -0.4 is 11.1 Å². The van der Waals surface area contributed by atoms with Crippen LogP contribution in [-0.2, 0) is 9.59 Å². The second-order valence-corrected chi connectivity index (χ2v) is 4.81. The Labute approximate surface area is 107 Å². The van der Waals surface area contributed by atoms with Gasteiger partial charge in [0.2, 0.25) is 5.91 Å². The number of carbonyl (C=O) groups is 2. The van der Waals surface area contributed by atoms with Crippen molar-refractivity contribution < 1.29 is 14.7 Å². The first-order valence-electron chi connectivity index (χ1n) is 5.32. The molecule has 0 radical (unpaired) electrons. The quantitative estimate of drug-likeness (QED) is 0.782. The lowest BCUT2D eigenvalue weighted by Crippen LogP contribution is -2.37. The summed E-state index contributed by atoms with van der Waals surface area (Å²) in [5.74, 6) is -1.59. The highest BCUT2D eigenvalue weighted by molar-refractivity contribution is 7.17. The van der Waals surface area contributed by atoms with Gasteiger partial charge in [-0.05, 0) is 35.0 Å². The maximum Gasteiger partial charge on any atom is 0.305 e. The fourth-order valence-electron chi connectivity index (χ4n) is 1.56. The van der Waals surface area contributed by atoms with E-state index in [0.29, 0.717) is 5.69 Å². The largest absolute Gasteiger partial charge is 0.481 e. The van der Waals surface area contributed by atoms with E-state index in [1.807, 2.05) is 23.6 Å². The topological polar surface area (TPSA) is 92.4 Å². The van der Waals surface area contributed by atoms with Crippen LogP contribution in [0.5, 0.6) is 0 Å². The minimum absolute atomic E-state index is 0.382. The Bertz CT molecular complexity index is 594. The van der Waals surface area contributed by atoms with Crippen LogP contribution in [0.2, 0.25) is 0 Å². The molecule has 1 aromatic carbocycles. The molecule has 18 heavy (non-hydrogen) atoms. The molecule has 0 saturated heterocycles. The zero-order chi connectivity index (χ0) is 13.1. The van der Waals surface area contributed by atoms with Crippen molar-refractivity contribution in [1.82, 2.24) is 0 Å². The van der Waals surface area contributed by atoms with Crippen molar-refractivity contribution in [2.24, 2.45) is 5.73 Å². The minimum atomic E-state index is -1.09. The predicted octanol–water partition coefficient (Wildman–Crippen LogP) is 1.64. The molecule has 0 aliphatic carbocycles. The molecule has 94 valence electrons. The van der Waals surface area contributed by atoms with Crippen molar-refractivity contribution in [3.05, 3.63) is 29.6 Å². The molecule has 0 aliphatic rings. The average Bonchev–Trinajstić information content (AvgIpc) is 2.75. The molecule has 1 heterocycles. The number of aliphatic carboxylic acids is 1. The molecule has 2 aromatic rings. The highest BCUT2D eigenvalue weighted by Gasteiger charge is 2.17. The number of hydrogen-bond donors (Lipinski definition) is 3. The number of benzene rings is 1. The predicted molar refractivity (Wildman–Crippen MR) is 70.7 cm³/mol. The number of hydrogen-bond acceptors (Lipinski definition) is 4. The Balaban J connectivity index is 2.08. The van der Waals surface area contributed by atoms with Crippen LogP contribution in [0.4, 0.5) is 5.69 Å². The Morgan fingerprint density at radius 1 is 1.39 bits per heavy atom. The molecule has 0 fully saturated rings. The molecule has 0 saturated carbocycles. The van der Waals surface area contributed by atoms with Crippen molar-refractivity contribution in [3.8, 4) is 0 Å². The van der Waals surface area contributed by atoms with E-state index in [1.54, 1.807) is 17.4 Å². The molecule has 2 rings (SSSR count). The number of thiophene rings is 1. The van der Waals surface area contributed by atoms with Crippen LogP contribution in [-0.4, -0.2) is 23.0 Å². The molecule has 1 unspecified atom stereocenters. The maximum atomic E-state index is 11.6. The normalized spacial score (nSPS) is 12.3. The maximum absolute atomic E-state index is 11.6. The second kappa shape index (κ2) is 5.16. The molecule has 6 heteroatoms. The molecule has 1 atom stereocenters. The Morgan fingerprint density at radius 2 is 2.17 bits per heavy atom. The van der Waals surface area contributed by atoms with Crippen molar-refractivity contribution in [1.29, 1.82) is 0 Å². The Hall–Kier alpha value is -1.92. The molecule has 0 spiro atoms. The van der Waals surface area contributed by atoms with Crippen LogP contribution in [0, 0.1) is 0 Å². The van der Waals surface area contributed by atoms with Gasteiger partial charge in [-0.3, -0.25) is 9.59 Å². The van der Waals surface area contributed by atoms with Gasteiger partial charge >= 0.3 is 5.97 Å². The van der Waals surface area contributed by atoms with Gasteiger partial charge in [-0.1, -0.05) is 0 Å². The number of carboxylic acids is 1. The summed E-state index contributed by atoms with van der Waals surface area (Å²) in [7, 11) is 0. The molecule has 0 bridgehead atoms. The van der Waals surface area contributed by atoms with Crippen molar-refractivity contribution in [2.75, 3.05) is 5.32 Å². The third kappa shape index (κ3) is 2.85. The summed E-state index contributed by atoms with van der Waals surface area (Å²) < 4.78 is 1.13. The van der Waals surface area contributed by atoms with E-state index in [-0.39, 0.29) is 6.42 Å². The number of amides is 1. The summed E-state index contributed by atoms with van der Waals surface area (Å²) in [6.07, 6.45) is -0.382. The van der Waals surface area contributed by atoms with Gasteiger partial charge in [0.1, 0.15) is 0 Å². The zero-order valence-corrected chi connectivity index (χ0v) is 10.2. The molecular formula is C12H12N2O3S. The second-order valence-electron chi connectivity index (χ2n) is 3.87. The van der Waals surface area contributed by atoms with Gasteiger partial charge in [-0.25, -0.2) is 0 Å². The lowest BCUT2D eigenvalue weighted by molar-refractivity contribution is -0.138. The minimum Gasteiger partial charge on any atom is -0.481 e. The van der Waals surface area contributed by atoms with E-state index >= 15 is 0 Å². The summed E-state index contributed by atoms with van der Waals surface area (Å²) >= 11 is 1.61. The average molecular weight is 264 g/mol. The van der Waals surface area contributed by atoms with Crippen LogP contribution in [0.3, 0.4) is 0 Å². The van der Waals surface area contributed by atoms with Crippen LogP contribution >= 0.6 is 11.3 Å². The lowest BCUT2D eigenvalue weighted by atomic mass is 10.2. The number of anilines is 1. The smallest absolute Gasteiger partial charge is 0.305 e. The fraction of sp³-hybridized carbons (Fsp3) is 0.167. The lowest BCUT2D eigenvalue weighted by Gasteiger charge is -2.10. The summed E-state index contributed by atoms with van der Waals surface area (Å²) in [4.78, 5) is 22.1. The summed E-state index contributed by atoms with van der Waals surface area (Å²) in [6.45, 7) is 0. The van der Waals surface area contributed by atoms with E-state index in [9.17, 15) is 9.59 Å². The van der Waals surface area contributed by atoms with E-state index in [4.69, 9.17) is 10.8 Å². The van der Waals surface area contributed by atoms with Crippen LogP contribution in [0.15, 0.2) is 29.6 Å². The third-order valence-electron chi connectivity index (χ3n) is 2.45. The first kappa shape index (κ1) is 12.5. The van der Waals surface area contributed by atoms with Gasteiger partial charge in [-0.2, -0.15) is 0 Å². The van der Waals surface area contributed by atoms with Crippen molar-refractivity contribution in [2.45, 2.75) is 12.5 Å². The molecule has 4 N–H and O–H groups in total. The Morgan fingerprint density at radius 3 is 2.89 bits per heavy atom. The fourth-order valence-corrected chi connectivity index (χ4v) is 2.33. The third-order valence-corrected chi connectivity index (χ3v) is 3.35. The van der Waals surface area contributed by atoms with Gasteiger partial charge in [0, 0.05) is 10.4 Å². The first-order chi connectivity index (χ1) is 8.56. The SMILES string of the molecule is NC(CC(=O)O)C(=O)Nc1ccc2sccc2c1. The summed E-state index contributed by atoms with van der Waals surface area (Å²) in [5, 5.41) is 14.2. The molecule has 5 nitrogen and oxygen atoms in total. The number of rotatable bonds is 4. The van der Waals surface area contributed by atoms with Gasteiger partial charge in [0.15, 0.2) is 0 Å². The molecule has 0 aliphatic heterocycles. The van der Waals surface area contributed by atoms with Crippen molar-refractivity contribution in [3.63, 3.8) is 0 Å². The number of carbonyl (C=O) groups excluding carboxylic acids is 1. The summed E-state index contributed by atoms with van der Waals surface area (Å²) in [6, 6.07) is 6.41. The zero-order valence-electron chi connectivity index (χ0n) is 9.42. The van der Waals surface area contributed by atoms with E-state index in [2.05, 4.69) is 5.32 Å². The molecule has 1 amide bonds. The van der Waals surface area contributed by atoms with Crippen LogP contribution in [0.1, 0.15) is 6.42 Å². The molecular weight excluding hydrogens is 252 g/mol. The highest BCUT2D eigenvalue weighted by Crippen LogP contribution is 2.23. The van der Waals surface area contributed by atoms with Gasteiger partial charge in [0.05, 0.1) is 12.5 Å². The summed E-state index contributed by atoms with van der Waals surface area (Å²) in [5.41, 5.74) is 6.09. The monoisotopic (exact) mass is 264 g/mol. The standard InChI is InChI=1S/C12H12N2O3S/c13-9(6-11(15)16)12(17)14-8-1-2-10-7(5-8)3-4-18-10/h1-5,9H,6,13H2,(H,14,17)(H,15,16). The number of nitrogens with one attached hydrogen (secondary N) is 1. The highest BCUT2D eigenvalue weighted by atomic mass is 32.1. The van der Waals surface area contributed by atoms with Gasteiger partial charge in [0.25, 0.3) is 0 Å². The van der Waals surface area contributed by atoms with Gasteiger partial charge in [-0.15, -0.1) is 11.3 Å². The first-order valence-corrected chi connectivity index (χ1v) is 6.20. The molecule has 1 aromatic heterocycles. The van der Waals surface area contributed by atoms with E-state index in [1.165, 1.54) is 0 Å². The van der Waals surface area contributed by atoms with Gasteiger partial charge < -0.3 is 16.2 Å². The number of fused-ring (bicyclic) bond motifs is 1. The van der Waals surface area contributed by atoms with E-state index in [0.717, 1.165) is 10.1 Å². The van der Waals surface area contributed by atoms with E-state index < -0.39 is 17.9 Å². The number of carboxylic acid groups (broad SMARTS) is 1. The van der Waals surface area contributed by atoms with Crippen molar-refractivity contribution >= 4 is 39.0 Å². The Kier molecular flexibility index (Phi) is 3.59.